The van der Waals surface area contributed by atoms with E-state index in [-0.39, 0.29) is 5.91 Å². The Labute approximate surface area is 148 Å². The van der Waals surface area contributed by atoms with Crippen LogP contribution < -0.4 is 5.32 Å². The van der Waals surface area contributed by atoms with E-state index >= 15 is 0 Å². The molecule has 0 aliphatic carbocycles. The molecule has 7 heteroatoms. The van der Waals surface area contributed by atoms with E-state index in [1.54, 1.807) is 10.8 Å². The summed E-state index contributed by atoms with van der Waals surface area (Å²) in [7, 11) is 0. The summed E-state index contributed by atoms with van der Waals surface area (Å²) in [5.74, 6) is -0.0809. The van der Waals surface area contributed by atoms with Crippen molar-refractivity contribution >= 4 is 22.2 Å². The fourth-order valence-electron chi connectivity index (χ4n) is 2.53. The van der Waals surface area contributed by atoms with Crippen molar-refractivity contribution in [3.05, 3.63) is 71.5 Å². The number of hydrogen-bond donors (Lipinski definition) is 1. The van der Waals surface area contributed by atoms with Crippen LogP contribution in [-0.4, -0.2) is 32.3 Å². The Morgan fingerprint density at radius 1 is 1.04 bits per heavy atom. The van der Waals surface area contributed by atoms with Crippen LogP contribution >= 0.6 is 11.3 Å². The van der Waals surface area contributed by atoms with Crippen LogP contribution in [0.2, 0.25) is 0 Å². The average Bonchev–Trinajstić information content (AvgIpc) is 3.24. The second kappa shape index (κ2) is 6.82. The normalized spacial score (nSPS) is 10.9. The van der Waals surface area contributed by atoms with Gasteiger partial charge in [0, 0.05) is 18.5 Å². The SMILES string of the molecule is O=C(NCCc1nn2cnnc2s1)c1ccc(-c2ccccc2)cc1. The number of nitrogens with one attached hydrogen (secondary N) is 1. The number of benzene rings is 2. The van der Waals surface area contributed by atoms with Gasteiger partial charge in [-0.1, -0.05) is 53.8 Å². The zero-order valence-electron chi connectivity index (χ0n) is 13.3. The summed E-state index contributed by atoms with van der Waals surface area (Å²) in [6.07, 6.45) is 2.24. The molecule has 2 aromatic carbocycles. The summed E-state index contributed by atoms with van der Waals surface area (Å²) in [4.78, 5) is 13.0. The lowest BCUT2D eigenvalue weighted by molar-refractivity contribution is 0.0954. The highest BCUT2D eigenvalue weighted by molar-refractivity contribution is 7.16. The minimum absolute atomic E-state index is 0.0809. The van der Waals surface area contributed by atoms with Gasteiger partial charge in [-0.3, -0.25) is 4.79 Å². The number of rotatable bonds is 5. The molecule has 1 N–H and O–H groups in total. The van der Waals surface area contributed by atoms with E-state index in [9.17, 15) is 4.79 Å². The smallest absolute Gasteiger partial charge is 0.251 e. The van der Waals surface area contributed by atoms with Crippen LogP contribution in [-0.2, 0) is 6.42 Å². The summed E-state index contributed by atoms with van der Waals surface area (Å²) >= 11 is 1.48. The molecule has 124 valence electrons. The van der Waals surface area contributed by atoms with Gasteiger partial charge in [-0.15, -0.1) is 10.2 Å². The highest BCUT2D eigenvalue weighted by atomic mass is 32.1. The Morgan fingerprint density at radius 3 is 2.56 bits per heavy atom. The molecule has 0 saturated heterocycles. The van der Waals surface area contributed by atoms with E-state index in [1.807, 2.05) is 42.5 Å². The van der Waals surface area contributed by atoms with Crippen LogP contribution in [0.5, 0.6) is 0 Å². The third-order valence-electron chi connectivity index (χ3n) is 3.81. The zero-order chi connectivity index (χ0) is 17.1. The maximum absolute atomic E-state index is 12.2. The first-order valence-electron chi connectivity index (χ1n) is 7.89. The van der Waals surface area contributed by atoms with Crippen molar-refractivity contribution in [2.24, 2.45) is 0 Å². The molecular weight excluding hydrogens is 334 g/mol. The fraction of sp³-hybridized carbons (Fsp3) is 0.111. The third-order valence-corrected chi connectivity index (χ3v) is 4.78. The highest BCUT2D eigenvalue weighted by Gasteiger charge is 2.08. The van der Waals surface area contributed by atoms with Gasteiger partial charge in [-0.25, -0.2) is 0 Å². The van der Waals surface area contributed by atoms with Gasteiger partial charge in [0.25, 0.3) is 5.91 Å². The van der Waals surface area contributed by atoms with Gasteiger partial charge >= 0.3 is 0 Å². The third kappa shape index (κ3) is 3.41. The Balaban J connectivity index is 1.35. The first-order valence-corrected chi connectivity index (χ1v) is 8.71. The number of carbonyl (C=O) groups is 1. The quantitative estimate of drug-likeness (QED) is 0.601. The van der Waals surface area contributed by atoms with E-state index in [0.717, 1.165) is 21.1 Å². The predicted octanol–water partition coefficient (Wildman–Crippen LogP) is 2.83. The Hall–Kier alpha value is -3.06. The van der Waals surface area contributed by atoms with Crippen molar-refractivity contribution in [1.82, 2.24) is 25.1 Å². The molecule has 0 aliphatic rings. The van der Waals surface area contributed by atoms with Crippen molar-refractivity contribution in [3.8, 4) is 11.1 Å². The van der Waals surface area contributed by atoms with E-state index in [1.165, 1.54) is 11.3 Å². The van der Waals surface area contributed by atoms with Gasteiger partial charge in [-0.05, 0) is 23.3 Å². The number of fused-ring (bicyclic) bond motifs is 1. The molecule has 0 unspecified atom stereocenters. The standard InChI is InChI=1S/C18H15N5OS/c24-17(19-11-10-16-22-23-12-20-21-18(23)25-16)15-8-6-14(7-9-15)13-4-2-1-3-5-13/h1-9,12H,10-11H2,(H,19,24). The molecule has 0 bridgehead atoms. The lowest BCUT2D eigenvalue weighted by Gasteiger charge is -2.06. The second-order valence-electron chi connectivity index (χ2n) is 5.50. The largest absolute Gasteiger partial charge is 0.352 e. The van der Waals surface area contributed by atoms with Gasteiger partial charge < -0.3 is 5.32 Å². The molecule has 2 aromatic heterocycles. The molecule has 4 rings (SSSR count). The van der Waals surface area contributed by atoms with Crippen LogP contribution in [0.4, 0.5) is 0 Å². The molecular formula is C18H15N5OS. The number of amides is 1. The predicted molar refractivity (Wildman–Crippen MR) is 96.6 cm³/mol. The monoisotopic (exact) mass is 349 g/mol. The fourth-order valence-corrected chi connectivity index (χ4v) is 3.34. The lowest BCUT2D eigenvalue weighted by Crippen LogP contribution is -2.25. The molecule has 1 amide bonds. The first kappa shape index (κ1) is 15.5. The Bertz CT molecular complexity index is 963. The summed E-state index contributed by atoms with van der Waals surface area (Å²) in [6, 6.07) is 17.7. The van der Waals surface area contributed by atoms with Gasteiger partial charge in [0.1, 0.15) is 11.3 Å². The van der Waals surface area contributed by atoms with E-state index in [0.29, 0.717) is 18.5 Å². The molecule has 0 atom stereocenters. The van der Waals surface area contributed by atoms with Crippen LogP contribution in [0.3, 0.4) is 0 Å². The van der Waals surface area contributed by atoms with Crippen molar-refractivity contribution in [1.29, 1.82) is 0 Å². The first-order chi connectivity index (χ1) is 12.3. The molecule has 0 aliphatic heterocycles. The van der Waals surface area contributed by atoms with Crippen LogP contribution in [0.25, 0.3) is 16.1 Å². The van der Waals surface area contributed by atoms with Crippen molar-refractivity contribution < 1.29 is 4.79 Å². The molecule has 2 heterocycles. The van der Waals surface area contributed by atoms with Gasteiger partial charge in [0.2, 0.25) is 4.96 Å². The number of carbonyl (C=O) groups excluding carboxylic acids is 1. The van der Waals surface area contributed by atoms with Crippen LogP contribution in [0.1, 0.15) is 15.4 Å². The summed E-state index contributed by atoms with van der Waals surface area (Å²) in [5, 5.41) is 15.9. The minimum atomic E-state index is -0.0809. The molecule has 0 spiro atoms. The van der Waals surface area contributed by atoms with Crippen molar-refractivity contribution in [2.45, 2.75) is 6.42 Å². The van der Waals surface area contributed by atoms with Gasteiger partial charge in [0.15, 0.2) is 0 Å². The molecule has 6 nitrogen and oxygen atoms in total. The highest BCUT2D eigenvalue weighted by Crippen LogP contribution is 2.19. The molecule has 0 fully saturated rings. The maximum atomic E-state index is 12.2. The zero-order valence-corrected chi connectivity index (χ0v) is 14.1. The van der Waals surface area contributed by atoms with E-state index in [4.69, 9.17) is 0 Å². The summed E-state index contributed by atoms with van der Waals surface area (Å²) in [5.41, 5.74) is 2.88. The number of hydrogen-bond acceptors (Lipinski definition) is 5. The average molecular weight is 349 g/mol. The van der Waals surface area contributed by atoms with Crippen molar-refractivity contribution in [2.75, 3.05) is 6.54 Å². The van der Waals surface area contributed by atoms with E-state index in [2.05, 4.69) is 32.7 Å². The Morgan fingerprint density at radius 2 is 1.80 bits per heavy atom. The van der Waals surface area contributed by atoms with E-state index < -0.39 is 0 Å². The minimum Gasteiger partial charge on any atom is -0.352 e. The van der Waals surface area contributed by atoms with Crippen LogP contribution in [0.15, 0.2) is 60.9 Å². The second-order valence-corrected chi connectivity index (χ2v) is 6.54. The molecule has 0 saturated carbocycles. The lowest BCUT2D eigenvalue weighted by atomic mass is 10.0. The Kier molecular flexibility index (Phi) is 4.22. The molecule has 4 aromatic rings. The molecule has 0 radical (unpaired) electrons. The van der Waals surface area contributed by atoms with Crippen molar-refractivity contribution in [3.63, 3.8) is 0 Å². The maximum Gasteiger partial charge on any atom is 0.251 e. The topological polar surface area (TPSA) is 72.2 Å². The molecule has 25 heavy (non-hydrogen) atoms. The number of nitrogens with zero attached hydrogens (tertiary/aromatic N) is 4. The van der Waals surface area contributed by atoms with Gasteiger partial charge in [0.05, 0.1) is 0 Å². The van der Waals surface area contributed by atoms with Gasteiger partial charge in [-0.2, -0.15) is 9.61 Å². The summed E-state index contributed by atoms with van der Waals surface area (Å²) < 4.78 is 1.64. The summed E-state index contributed by atoms with van der Waals surface area (Å²) in [6.45, 7) is 0.531. The van der Waals surface area contributed by atoms with Crippen LogP contribution in [0, 0.1) is 0 Å². The number of aromatic nitrogens is 4.